The van der Waals surface area contributed by atoms with E-state index in [0.29, 0.717) is 13.1 Å². The normalized spacial score (nSPS) is 13.6. The molecule has 0 spiro atoms. The molecule has 2 aromatic rings. The van der Waals surface area contributed by atoms with Crippen molar-refractivity contribution in [3.05, 3.63) is 35.6 Å². The molecule has 1 unspecified atom stereocenters. The zero-order chi connectivity index (χ0) is 23.6. The van der Waals surface area contributed by atoms with Crippen molar-refractivity contribution in [1.29, 1.82) is 0 Å². The average molecular weight is 453 g/mol. The number of fused-ring (bicyclic) bond motifs is 1. The molecule has 31 heavy (non-hydrogen) atoms. The van der Waals surface area contributed by atoms with Gasteiger partial charge in [0.2, 0.25) is 5.88 Å². The number of hydrogen-bond acceptors (Lipinski definition) is 9. The van der Waals surface area contributed by atoms with E-state index >= 15 is 0 Å². The topological polar surface area (TPSA) is 166 Å². The van der Waals surface area contributed by atoms with Crippen LogP contribution in [-0.4, -0.2) is 58.7 Å². The van der Waals surface area contributed by atoms with E-state index in [1.165, 1.54) is 0 Å². The van der Waals surface area contributed by atoms with Gasteiger partial charge in [0.1, 0.15) is 17.8 Å². The lowest BCUT2D eigenvalue weighted by atomic mass is 10.1. The molecule has 1 aliphatic heterocycles. The highest BCUT2D eigenvalue weighted by molar-refractivity contribution is 7.99. The largest absolute Gasteiger partial charge is 0.481 e. The van der Waals surface area contributed by atoms with Gasteiger partial charge in [-0.3, -0.25) is 9.59 Å². The van der Waals surface area contributed by atoms with Gasteiger partial charge in [-0.15, -0.1) is 16.8 Å². The van der Waals surface area contributed by atoms with E-state index in [4.69, 9.17) is 30.3 Å². The molecule has 0 aromatic carbocycles. The Morgan fingerprint density at radius 3 is 2.42 bits per heavy atom. The van der Waals surface area contributed by atoms with Crippen LogP contribution in [0.15, 0.2) is 17.8 Å². The Hall–Kier alpha value is -2.99. The van der Waals surface area contributed by atoms with Crippen LogP contribution in [0.4, 0.5) is 0 Å². The molecule has 3 heterocycles. The number of aliphatic carboxylic acids is 2. The molecular formula is C19H28N6O5S. The maximum absolute atomic E-state index is 9.00. The van der Waals surface area contributed by atoms with E-state index in [9.17, 15) is 0 Å². The second kappa shape index (κ2) is 12.6. The van der Waals surface area contributed by atoms with Gasteiger partial charge < -0.3 is 25.3 Å². The summed E-state index contributed by atoms with van der Waals surface area (Å²) >= 11 is 1.61. The molecular weight excluding hydrogens is 424 g/mol. The maximum Gasteiger partial charge on any atom is 0.300 e. The van der Waals surface area contributed by atoms with Crippen LogP contribution in [0.25, 0.3) is 0 Å². The summed E-state index contributed by atoms with van der Waals surface area (Å²) in [6.45, 7) is 10.8. The minimum Gasteiger partial charge on any atom is -0.481 e. The molecule has 0 fully saturated rings. The number of carbonyl (C=O) groups is 2. The van der Waals surface area contributed by atoms with Crippen molar-refractivity contribution >= 4 is 23.7 Å². The smallest absolute Gasteiger partial charge is 0.300 e. The van der Waals surface area contributed by atoms with Gasteiger partial charge in [0, 0.05) is 43.8 Å². The van der Waals surface area contributed by atoms with Crippen LogP contribution in [0.1, 0.15) is 36.8 Å². The molecule has 0 radical (unpaired) electrons. The molecule has 0 bridgehead atoms. The number of nitrogens with two attached hydrogens (primary N) is 1. The first-order chi connectivity index (χ1) is 14.6. The number of carboxylic acid groups (broad SMARTS) is 2. The van der Waals surface area contributed by atoms with Crippen LogP contribution >= 0.6 is 11.8 Å². The SMILES string of the molecule is C=CCn1c(CN)nnc1SCC1Cc2c(C)nc(C)nc2O1.CC(=O)O.CC(=O)O. The second-order valence-electron chi connectivity index (χ2n) is 6.44. The van der Waals surface area contributed by atoms with Crippen molar-refractivity contribution in [3.8, 4) is 5.88 Å². The molecule has 0 amide bonds. The number of carboxylic acids is 2. The summed E-state index contributed by atoms with van der Waals surface area (Å²) in [7, 11) is 0. The van der Waals surface area contributed by atoms with E-state index in [-0.39, 0.29) is 6.10 Å². The van der Waals surface area contributed by atoms with Gasteiger partial charge in [0.25, 0.3) is 11.9 Å². The van der Waals surface area contributed by atoms with Crippen molar-refractivity contribution < 1.29 is 24.5 Å². The first-order valence-corrected chi connectivity index (χ1v) is 10.3. The lowest BCUT2D eigenvalue weighted by Crippen LogP contribution is -2.17. The van der Waals surface area contributed by atoms with Gasteiger partial charge in [-0.05, 0) is 13.8 Å². The van der Waals surface area contributed by atoms with Crippen molar-refractivity contribution in [2.75, 3.05) is 5.75 Å². The van der Waals surface area contributed by atoms with Crippen LogP contribution in [-0.2, 0) is 29.1 Å². The van der Waals surface area contributed by atoms with Crippen molar-refractivity contribution in [3.63, 3.8) is 0 Å². The predicted octanol–water partition coefficient (Wildman–Crippen LogP) is 1.61. The molecule has 11 nitrogen and oxygen atoms in total. The number of hydrogen-bond donors (Lipinski definition) is 3. The first-order valence-electron chi connectivity index (χ1n) is 9.34. The van der Waals surface area contributed by atoms with E-state index in [1.807, 2.05) is 24.5 Å². The Morgan fingerprint density at radius 1 is 1.26 bits per heavy atom. The summed E-state index contributed by atoms with van der Waals surface area (Å²) in [5, 5.41) is 24.0. The van der Waals surface area contributed by atoms with Crippen LogP contribution in [0, 0.1) is 13.8 Å². The number of aromatic nitrogens is 5. The highest BCUT2D eigenvalue weighted by atomic mass is 32.2. The van der Waals surface area contributed by atoms with E-state index in [0.717, 1.165) is 60.0 Å². The first kappa shape index (κ1) is 26.0. The molecule has 2 aromatic heterocycles. The zero-order valence-corrected chi connectivity index (χ0v) is 18.8. The third-order valence-corrected chi connectivity index (χ3v) is 4.78. The van der Waals surface area contributed by atoms with Gasteiger partial charge in [0.15, 0.2) is 5.16 Å². The van der Waals surface area contributed by atoms with E-state index in [1.54, 1.807) is 11.8 Å². The van der Waals surface area contributed by atoms with E-state index in [2.05, 4.69) is 26.7 Å². The fourth-order valence-corrected chi connectivity index (χ4v) is 3.57. The third kappa shape index (κ3) is 8.72. The molecule has 3 rings (SSSR count). The monoisotopic (exact) mass is 452 g/mol. The summed E-state index contributed by atoms with van der Waals surface area (Å²) in [6, 6.07) is 0. The Balaban J connectivity index is 0.000000519. The number of allylic oxidation sites excluding steroid dienone is 1. The summed E-state index contributed by atoms with van der Waals surface area (Å²) in [5.41, 5.74) is 7.80. The zero-order valence-electron chi connectivity index (χ0n) is 18.0. The fraction of sp³-hybridized carbons (Fsp3) is 0.474. The maximum atomic E-state index is 9.00. The summed E-state index contributed by atoms with van der Waals surface area (Å²) in [6.07, 6.45) is 2.71. The van der Waals surface area contributed by atoms with Crippen LogP contribution in [0.2, 0.25) is 0 Å². The molecule has 0 saturated carbocycles. The van der Waals surface area contributed by atoms with E-state index < -0.39 is 11.9 Å². The highest BCUT2D eigenvalue weighted by Gasteiger charge is 2.27. The number of aryl methyl sites for hydroxylation is 2. The van der Waals surface area contributed by atoms with Gasteiger partial charge in [-0.2, -0.15) is 4.98 Å². The summed E-state index contributed by atoms with van der Waals surface area (Å²) in [5.74, 6) is 1.33. The Bertz CT molecular complexity index is 897. The average Bonchev–Trinajstić information content (AvgIpc) is 3.23. The van der Waals surface area contributed by atoms with Crippen molar-refractivity contribution in [2.45, 2.75) is 58.5 Å². The molecule has 1 atom stereocenters. The van der Waals surface area contributed by atoms with Gasteiger partial charge in [-0.1, -0.05) is 17.8 Å². The molecule has 12 heteroatoms. The quantitative estimate of drug-likeness (QED) is 0.430. The minimum absolute atomic E-state index is 0.0695. The van der Waals surface area contributed by atoms with Gasteiger partial charge in [0.05, 0.1) is 6.54 Å². The molecule has 0 aliphatic carbocycles. The standard InChI is InChI=1S/C15H20N6OS.2C2H4O2/c1-4-5-21-13(7-16)19-20-15(21)23-8-11-6-12-9(2)17-10(3)18-14(12)22-11;2*1-2(3)4/h4,11H,1,5-8,16H2,2-3H3;2*1H3,(H,3,4). The van der Waals surface area contributed by atoms with Crippen molar-refractivity contribution in [2.24, 2.45) is 5.73 Å². The van der Waals surface area contributed by atoms with Crippen molar-refractivity contribution in [1.82, 2.24) is 24.7 Å². The third-order valence-electron chi connectivity index (χ3n) is 3.68. The van der Waals surface area contributed by atoms with Gasteiger partial charge in [-0.25, -0.2) is 4.98 Å². The van der Waals surface area contributed by atoms with Crippen LogP contribution in [0.3, 0.4) is 0 Å². The molecule has 1 aliphatic rings. The lowest BCUT2D eigenvalue weighted by molar-refractivity contribution is -0.135. The molecule has 4 N–H and O–H groups in total. The number of thioether (sulfide) groups is 1. The second-order valence-corrected chi connectivity index (χ2v) is 7.42. The Labute approximate surface area is 184 Å². The van der Waals surface area contributed by atoms with Crippen LogP contribution < -0.4 is 10.5 Å². The number of ether oxygens (including phenoxy) is 1. The molecule has 170 valence electrons. The van der Waals surface area contributed by atoms with Crippen LogP contribution in [0.5, 0.6) is 5.88 Å². The Morgan fingerprint density at radius 2 is 1.87 bits per heavy atom. The summed E-state index contributed by atoms with van der Waals surface area (Å²) in [4.78, 5) is 26.8. The Kier molecular flexibility index (Phi) is 10.6. The molecule has 0 saturated heterocycles. The number of nitrogens with zero attached hydrogens (tertiary/aromatic N) is 5. The lowest BCUT2D eigenvalue weighted by Gasteiger charge is -2.10. The highest BCUT2D eigenvalue weighted by Crippen LogP contribution is 2.31. The fourth-order valence-electron chi connectivity index (χ4n) is 2.61. The van der Waals surface area contributed by atoms with Gasteiger partial charge >= 0.3 is 0 Å². The number of rotatable bonds is 6. The minimum atomic E-state index is -0.833. The summed E-state index contributed by atoms with van der Waals surface area (Å²) < 4.78 is 7.93. The predicted molar refractivity (Wildman–Crippen MR) is 115 cm³/mol.